The Labute approximate surface area is 296 Å². The zero-order chi connectivity index (χ0) is 37.2. The van der Waals surface area contributed by atoms with Crippen LogP contribution in [0.3, 0.4) is 0 Å². The Bertz CT molecular complexity index is 1510. The van der Waals surface area contributed by atoms with Crippen LogP contribution >= 0.6 is 0 Å². The van der Waals surface area contributed by atoms with Crippen LogP contribution in [0, 0.1) is 5.41 Å². The summed E-state index contributed by atoms with van der Waals surface area (Å²) < 4.78 is 22.7. The summed E-state index contributed by atoms with van der Waals surface area (Å²) in [4.78, 5) is 73.7. The van der Waals surface area contributed by atoms with E-state index in [9.17, 15) is 34.2 Å². The summed E-state index contributed by atoms with van der Waals surface area (Å²) in [5.74, 6) is -2.90. The van der Waals surface area contributed by atoms with Crippen molar-refractivity contribution in [2.45, 2.75) is 108 Å². The summed E-state index contributed by atoms with van der Waals surface area (Å²) in [6.45, 7) is 5.97. The number of fused-ring (bicyclic) bond motifs is 4. The van der Waals surface area contributed by atoms with Gasteiger partial charge in [-0.15, -0.1) is 0 Å². The Morgan fingerprint density at radius 2 is 1.80 bits per heavy atom. The summed E-state index contributed by atoms with van der Waals surface area (Å²) >= 11 is 0. The molecule has 2 bridgehead atoms. The number of amides is 3. The van der Waals surface area contributed by atoms with Crippen LogP contribution in [0.2, 0.25) is 0 Å². The summed E-state index contributed by atoms with van der Waals surface area (Å²) in [6, 6.07) is 3.61. The first-order valence-electron chi connectivity index (χ1n) is 17.0. The zero-order valence-electron chi connectivity index (χ0n) is 29.7. The lowest BCUT2D eigenvalue weighted by atomic mass is 9.62. The number of carbonyl (C=O) groups excluding carboxylic acids is 5. The van der Waals surface area contributed by atoms with E-state index in [4.69, 9.17) is 23.8 Å². The molecule has 1 aromatic carbocycles. The fraction of sp³-hybridized carbons (Fsp3) is 0.629. The molecule has 0 aromatic heterocycles. The molecule has 1 saturated carbocycles. The number of esters is 2. The third-order valence-corrected chi connectivity index (χ3v) is 9.41. The van der Waals surface area contributed by atoms with Gasteiger partial charge in [0.2, 0.25) is 17.7 Å². The van der Waals surface area contributed by atoms with Gasteiger partial charge in [-0.25, -0.2) is 0 Å². The van der Waals surface area contributed by atoms with Crippen LogP contribution in [0.25, 0.3) is 6.08 Å². The molecule has 0 radical (unpaired) electrons. The second kappa shape index (κ2) is 15.4. The Morgan fingerprint density at radius 1 is 1.12 bits per heavy atom. The average Bonchev–Trinajstić information content (AvgIpc) is 3.68. The quantitative estimate of drug-likeness (QED) is 0.155. The molecule has 0 spiro atoms. The Kier molecular flexibility index (Phi) is 11.5. The standard InChI is InChI=1S/C35H48N4O12/c1-19(41)26(31(44)36-22(17-40)12-14-25(43)50-34(2,3)4)37-33(46)35-15-23-27-28(48-18-47-27)30(35)51-39(29(35)32(45)49-23)16-21-9-7-20(8-10-21)11-13-24(42)38(5)6/h7-11,13,19,22-23,26-30,40-41H,12,14-18H2,1-6H3,(H,36,44)(H,37,46)/t19-,22-,23+,26+,27-,28-,29-,30+,35-/m0/s1. The van der Waals surface area contributed by atoms with Crippen molar-refractivity contribution >= 4 is 35.7 Å². The predicted octanol–water partition coefficient (Wildman–Crippen LogP) is -0.206. The highest BCUT2D eigenvalue weighted by molar-refractivity contribution is 5.96. The molecule has 3 aliphatic heterocycles. The number of ether oxygens (including phenoxy) is 4. The Hall–Kier alpha value is -3.93. The lowest BCUT2D eigenvalue weighted by Gasteiger charge is -2.49. The minimum absolute atomic E-state index is 0.00781. The fourth-order valence-corrected chi connectivity index (χ4v) is 6.93. The molecule has 0 unspecified atom stereocenters. The molecule has 1 aliphatic carbocycles. The van der Waals surface area contributed by atoms with Crippen LogP contribution in [0.1, 0.15) is 58.1 Å². The molecular formula is C35H48N4O12. The van der Waals surface area contributed by atoms with Crippen molar-refractivity contribution in [3.8, 4) is 0 Å². The molecule has 4 aliphatic rings. The third kappa shape index (κ3) is 8.26. The molecule has 3 amide bonds. The first-order valence-corrected chi connectivity index (χ1v) is 17.0. The molecule has 4 N–H and O–H groups in total. The Morgan fingerprint density at radius 3 is 2.43 bits per heavy atom. The molecule has 51 heavy (non-hydrogen) atoms. The highest BCUT2D eigenvalue weighted by Gasteiger charge is 2.74. The Balaban J connectivity index is 1.35. The van der Waals surface area contributed by atoms with Crippen molar-refractivity contribution in [2.24, 2.45) is 5.41 Å². The number of likely N-dealkylation sites (N-methyl/N-ethyl adjacent to an activating group) is 1. The summed E-state index contributed by atoms with van der Waals surface area (Å²) in [5.41, 5.74) is -0.788. The second-order valence-electron chi connectivity index (χ2n) is 14.6. The molecule has 9 atom stereocenters. The van der Waals surface area contributed by atoms with Gasteiger partial charge in [0.15, 0.2) is 6.04 Å². The monoisotopic (exact) mass is 716 g/mol. The minimum Gasteiger partial charge on any atom is -0.460 e. The number of nitrogens with zero attached hydrogens (tertiary/aromatic N) is 2. The number of hydrogen-bond acceptors (Lipinski definition) is 13. The molecule has 280 valence electrons. The van der Waals surface area contributed by atoms with Crippen molar-refractivity contribution in [3.63, 3.8) is 0 Å². The maximum Gasteiger partial charge on any atom is 0.327 e. The number of aliphatic hydroxyl groups is 2. The van der Waals surface area contributed by atoms with E-state index in [2.05, 4.69) is 10.6 Å². The van der Waals surface area contributed by atoms with Gasteiger partial charge in [-0.3, -0.25) is 28.8 Å². The van der Waals surface area contributed by atoms with Gasteiger partial charge in [-0.05, 0) is 51.3 Å². The van der Waals surface area contributed by atoms with Crippen LogP contribution in [0.4, 0.5) is 0 Å². The van der Waals surface area contributed by atoms with E-state index < -0.39 is 90.0 Å². The SMILES string of the molecule is C[C@H](O)[C@@H](NC(=O)[C@@]12C[C@H]3OC(=O)[C@@H]1N(Cc1ccc(C=CC(=O)N(C)C)cc1)O[C@@H]2[C@H]1OCO[C@H]13)C(=O)N[C@H](CO)CCC(=O)OC(C)(C)C. The van der Waals surface area contributed by atoms with Crippen molar-refractivity contribution in [2.75, 3.05) is 27.5 Å². The largest absolute Gasteiger partial charge is 0.460 e. The van der Waals surface area contributed by atoms with Crippen LogP contribution < -0.4 is 10.6 Å². The van der Waals surface area contributed by atoms with Crippen molar-refractivity contribution in [1.82, 2.24) is 20.6 Å². The van der Waals surface area contributed by atoms with Crippen molar-refractivity contribution in [3.05, 3.63) is 41.5 Å². The van der Waals surface area contributed by atoms with Gasteiger partial charge in [-0.1, -0.05) is 24.3 Å². The molecule has 3 saturated heterocycles. The van der Waals surface area contributed by atoms with Crippen LogP contribution in [-0.4, -0.2) is 132 Å². The molecule has 3 heterocycles. The highest BCUT2D eigenvalue weighted by Crippen LogP contribution is 2.55. The van der Waals surface area contributed by atoms with Crippen LogP contribution in [-0.2, 0) is 54.3 Å². The number of aliphatic hydroxyl groups excluding tert-OH is 2. The maximum absolute atomic E-state index is 14.5. The lowest BCUT2D eigenvalue weighted by molar-refractivity contribution is -0.201. The summed E-state index contributed by atoms with van der Waals surface area (Å²) in [6.07, 6.45) is -1.57. The second-order valence-corrected chi connectivity index (χ2v) is 14.6. The first kappa shape index (κ1) is 38.3. The normalized spacial score (nSPS) is 28.7. The molecule has 4 fully saturated rings. The summed E-state index contributed by atoms with van der Waals surface area (Å²) in [7, 11) is 3.31. The predicted molar refractivity (Wildman–Crippen MR) is 178 cm³/mol. The molecule has 16 nitrogen and oxygen atoms in total. The van der Waals surface area contributed by atoms with E-state index in [0.717, 1.165) is 11.1 Å². The number of nitrogens with one attached hydrogen (secondary N) is 2. The zero-order valence-corrected chi connectivity index (χ0v) is 29.7. The summed E-state index contributed by atoms with van der Waals surface area (Å²) in [5, 5.41) is 27.3. The third-order valence-electron chi connectivity index (χ3n) is 9.41. The van der Waals surface area contributed by atoms with Gasteiger partial charge >= 0.3 is 11.9 Å². The lowest BCUT2D eigenvalue weighted by Crippen LogP contribution is -2.71. The van der Waals surface area contributed by atoms with Gasteiger partial charge in [0, 0.05) is 33.0 Å². The van der Waals surface area contributed by atoms with E-state index >= 15 is 0 Å². The van der Waals surface area contributed by atoms with E-state index in [-0.39, 0.29) is 38.5 Å². The van der Waals surface area contributed by atoms with Gasteiger partial charge in [-0.2, -0.15) is 5.06 Å². The average molecular weight is 717 g/mol. The number of carbonyl (C=O) groups is 5. The minimum atomic E-state index is -1.59. The van der Waals surface area contributed by atoms with Crippen LogP contribution in [0.15, 0.2) is 30.3 Å². The van der Waals surface area contributed by atoms with Gasteiger partial charge in [0.05, 0.1) is 25.3 Å². The van der Waals surface area contributed by atoms with E-state index in [0.29, 0.717) is 0 Å². The van der Waals surface area contributed by atoms with Crippen molar-refractivity contribution < 1.29 is 58.0 Å². The number of rotatable bonds is 13. The number of hydrogen-bond donors (Lipinski definition) is 4. The van der Waals surface area contributed by atoms with Gasteiger partial charge in [0.25, 0.3) is 0 Å². The number of benzene rings is 1. The van der Waals surface area contributed by atoms with E-state index in [1.54, 1.807) is 65.2 Å². The van der Waals surface area contributed by atoms with E-state index in [1.807, 2.05) is 0 Å². The van der Waals surface area contributed by atoms with E-state index in [1.165, 1.54) is 23.0 Å². The van der Waals surface area contributed by atoms with Crippen LogP contribution in [0.5, 0.6) is 0 Å². The fourth-order valence-electron chi connectivity index (χ4n) is 6.93. The topological polar surface area (TPSA) is 202 Å². The van der Waals surface area contributed by atoms with Gasteiger partial charge in [0.1, 0.15) is 48.3 Å². The highest BCUT2D eigenvalue weighted by atomic mass is 16.8. The number of hydroxylamine groups is 2. The molecule has 16 heteroatoms. The molecule has 1 aromatic rings. The van der Waals surface area contributed by atoms with Gasteiger partial charge < -0.3 is 44.7 Å². The molecule has 5 rings (SSSR count). The smallest absolute Gasteiger partial charge is 0.327 e. The maximum atomic E-state index is 14.5. The van der Waals surface area contributed by atoms with Crippen molar-refractivity contribution in [1.29, 1.82) is 0 Å². The first-order chi connectivity index (χ1) is 24.0. The molecular weight excluding hydrogens is 668 g/mol.